The highest BCUT2D eigenvalue weighted by Gasteiger charge is 2.21. The lowest BCUT2D eigenvalue weighted by molar-refractivity contribution is -0.910. The fraction of sp³-hybridized carbons (Fsp3) is 0.960. The second kappa shape index (κ2) is 23.3. The van der Waals surface area contributed by atoms with Gasteiger partial charge in [0.05, 0.1) is 20.2 Å². The van der Waals surface area contributed by atoms with E-state index >= 15 is 0 Å². The maximum atomic E-state index is 12.0. The molecule has 0 spiro atoms. The van der Waals surface area contributed by atoms with Gasteiger partial charge < -0.3 is 26.7 Å². The Morgan fingerprint density at radius 1 is 0.700 bits per heavy atom. The van der Waals surface area contributed by atoms with Crippen LogP contribution in [0.15, 0.2) is 0 Å². The van der Waals surface area contributed by atoms with Crippen LogP contribution in [0.4, 0.5) is 0 Å². The number of aliphatic hydroxyl groups excluding tert-OH is 1. The second-order valence-electron chi connectivity index (χ2n) is 9.08. The Balaban J connectivity index is 0. The lowest BCUT2D eigenvalue weighted by Crippen LogP contribution is -3.00. The van der Waals surface area contributed by atoms with E-state index in [9.17, 15) is 9.90 Å². The molecule has 0 rings (SSSR count). The van der Waals surface area contributed by atoms with Crippen LogP contribution < -0.4 is 12.4 Å². The molecular weight excluding hydrogens is 398 g/mol. The van der Waals surface area contributed by atoms with Crippen molar-refractivity contribution in [2.24, 2.45) is 0 Å². The molecule has 0 heterocycles. The first-order valence-electron chi connectivity index (χ1n) is 12.7. The summed E-state index contributed by atoms with van der Waals surface area (Å²) in [7, 11) is 2.18. The van der Waals surface area contributed by atoms with Gasteiger partial charge in [0.2, 0.25) is 0 Å². The predicted octanol–water partition coefficient (Wildman–Crippen LogP) is 3.25. The molecule has 0 aliphatic carbocycles. The van der Waals surface area contributed by atoms with E-state index in [1.807, 2.05) is 0 Å². The smallest absolute Gasteiger partial charge is 0.305 e. The SMILES string of the molecule is CCCCCCCCCCCC(=O)OCC[N+](C)(CCO)CCCCCCCC.[Cl-]. The van der Waals surface area contributed by atoms with Crippen molar-refractivity contribution in [2.75, 3.05) is 39.9 Å². The molecule has 0 amide bonds. The van der Waals surface area contributed by atoms with Crippen molar-refractivity contribution in [3.05, 3.63) is 0 Å². The summed E-state index contributed by atoms with van der Waals surface area (Å²) in [6, 6.07) is 0. The standard InChI is InChI=1S/C25H52NO3.ClH/c1-4-6-8-10-12-13-14-15-17-19-25(28)29-24-22-26(3,21-23-27)20-18-16-11-9-7-5-2;/h27H,4-24H2,1-3H3;1H/q+1;/p-1. The van der Waals surface area contributed by atoms with E-state index in [2.05, 4.69) is 20.9 Å². The molecule has 30 heavy (non-hydrogen) atoms. The molecule has 0 saturated carbocycles. The van der Waals surface area contributed by atoms with Gasteiger partial charge in [0, 0.05) is 6.42 Å². The van der Waals surface area contributed by atoms with Crippen LogP contribution in [-0.4, -0.2) is 55.5 Å². The number of quaternary nitrogens is 1. The lowest BCUT2D eigenvalue weighted by Gasteiger charge is -2.34. The third-order valence-electron chi connectivity index (χ3n) is 6.07. The molecule has 0 fully saturated rings. The summed E-state index contributed by atoms with van der Waals surface area (Å²) >= 11 is 0. The molecule has 0 saturated heterocycles. The first-order valence-corrected chi connectivity index (χ1v) is 12.7. The molecule has 0 aliphatic heterocycles. The molecular formula is C25H52ClNO3. The first-order chi connectivity index (χ1) is 14.1. The molecule has 1 N–H and O–H groups in total. The Bertz CT molecular complexity index is 368. The number of esters is 1. The van der Waals surface area contributed by atoms with E-state index in [1.54, 1.807) is 0 Å². The highest BCUT2D eigenvalue weighted by Crippen LogP contribution is 2.12. The number of hydrogen-bond acceptors (Lipinski definition) is 3. The van der Waals surface area contributed by atoms with Gasteiger partial charge in [-0.05, 0) is 19.3 Å². The largest absolute Gasteiger partial charge is 1.00 e. The van der Waals surface area contributed by atoms with Crippen molar-refractivity contribution in [1.82, 2.24) is 0 Å². The van der Waals surface area contributed by atoms with Gasteiger partial charge in [-0.15, -0.1) is 0 Å². The number of nitrogens with zero attached hydrogens (tertiary/aromatic N) is 1. The van der Waals surface area contributed by atoms with Crippen LogP contribution in [0.5, 0.6) is 0 Å². The quantitative estimate of drug-likeness (QED) is 0.157. The molecule has 0 bridgehead atoms. The Hall–Kier alpha value is -0.320. The van der Waals surface area contributed by atoms with Gasteiger partial charge >= 0.3 is 5.97 Å². The van der Waals surface area contributed by atoms with Gasteiger partial charge in [0.15, 0.2) is 0 Å². The molecule has 0 radical (unpaired) electrons. The number of halogens is 1. The number of ether oxygens (including phenoxy) is 1. The van der Waals surface area contributed by atoms with Crippen molar-refractivity contribution >= 4 is 5.97 Å². The normalized spacial score (nSPS) is 12.9. The second-order valence-corrected chi connectivity index (χ2v) is 9.08. The monoisotopic (exact) mass is 449 g/mol. The zero-order valence-electron chi connectivity index (χ0n) is 20.4. The van der Waals surface area contributed by atoms with Crippen LogP contribution in [0.2, 0.25) is 0 Å². The molecule has 5 heteroatoms. The Kier molecular flexibility index (Phi) is 24.8. The number of aliphatic hydroxyl groups is 1. The summed E-state index contributed by atoms with van der Waals surface area (Å²) in [4.78, 5) is 12.0. The summed E-state index contributed by atoms with van der Waals surface area (Å²) < 4.78 is 6.28. The fourth-order valence-corrected chi connectivity index (χ4v) is 3.88. The maximum absolute atomic E-state index is 12.0. The van der Waals surface area contributed by atoms with E-state index in [0.717, 1.165) is 37.0 Å². The van der Waals surface area contributed by atoms with E-state index < -0.39 is 0 Å². The molecule has 1 atom stereocenters. The van der Waals surface area contributed by atoms with E-state index in [0.29, 0.717) is 13.0 Å². The first kappa shape index (κ1) is 31.9. The van der Waals surface area contributed by atoms with Gasteiger partial charge in [-0.1, -0.05) is 90.9 Å². The van der Waals surface area contributed by atoms with Crippen LogP contribution in [-0.2, 0) is 9.53 Å². The summed E-state index contributed by atoms with van der Waals surface area (Å²) in [5, 5.41) is 9.41. The van der Waals surface area contributed by atoms with Crippen molar-refractivity contribution in [3.8, 4) is 0 Å². The maximum Gasteiger partial charge on any atom is 0.305 e. The minimum atomic E-state index is -0.0527. The molecule has 182 valence electrons. The van der Waals surface area contributed by atoms with E-state index in [1.165, 1.54) is 83.5 Å². The number of rotatable bonds is 22. The Morgan fingerprint density at radius 2 is 1.17 bits per heavy atom. The van der Waals surface area contributed by atoms with E-state index in [-0.39, 0.29) is 25.0 Å². The average molecular weight is 450 g/mol. The van der Waals surface area contributed by atoms with Crippen LogP contribution in [0.1, 0.15) is 117 Å². The minimum absolute atomic E-state index is 0. The van der Waals surface area contributed by atoms with Gasteiger partial charge in [0.1, 0.15) is 19.7 Å². The Morgan fingerprint density at radius 3 is 1.67 bits per heavy atom. The summed E-state index contributed by atoms with van der Waals surface area (Å²) in [5.74, 6) is -0.0527. The predicted molar refractivity (Wildman–Crippen MR) is 124 cm³/mol. The molecule has 4 nitrogen and oxygen atoms in total. The zero-order chi connectivity index (χ0) is 21.6. The topological polar surface area (TPSA) is 46.5 Å². The van der Waals surface area contributed by atoms with Crippen LogP contribution in [0, 0.1) is 0 Å². The van der Waals surface area contributed by atoms with Gasteiger partial charge in [0.25, 0.3) is 0 Å². The zero-order valence-corrected chi connectivity index (χ0v) is 21.2. The number of carbonyl (C=O) groups excluding carboxylic acids is 1. The van der Waals surface area contributed by atoms with Gasteiger partial charge in [-0.3, -0.25) is 4.79 Å². The molecule has 0 aliphatic rings. The van der Waals surface area contributed by atoms with Gasteiger partial charge in [-0.25, -0.2) is 0 Å². The van der Waals surface area contributed by atoms with Crippen molar-refractivity contribution in [3.63, 3.8) is 0 Å². The van der Waals surface area contributed by atoms with Crippen LogP contribution in [0.25, 0.3) is 0 Å². The molecule has 0 aromatic rings. The number of carbonyl (C=O) groups is 1. The minimum Gasteiger partial charge on any atom is -1.00 e. The van der Waals surface area contributed by atoms with Crippen molar-refractivity contribution < 1.29 is 31.5 Å². The van der Waals surface area contributed by atoms with Crippen molar-refractivity contribution in [1.29, 1.82) is 0 Å². The fourth-order valence-electron chi connectivity index (χ4n) is 3.88. The average Bonchev–Trinajstić information content (AvgIpc) is 2.69. The van der Waals surface area contributed by atoms with Crippen LogP contribution >= 0.6 is 0 Å². The van der Waals surface area contributed by atoms with Gasteiger partial charge in [-0.2, -0.15) is 0 Å². The third kappa shape index (κ3) is 20.9. The molecule has 0 aromatic heterocycles. The number of likely N-dealkylation sites (N-methyl/N-ethyl adjacent to an activating group) is 1. The lowest BCUT2D eigenvalue weighted by atomic mass is 10.1. The Labute approximate surface area is 194 Å². The summed E-state index contributed by atoms with van der Waals surface area (Å²) in [6.07, 6.45) is 19.6. The third-order valence-corrected chi connectivity index (χ3v) is 6.07. The number of unbranched alkanes of at least 4 members (excludes halogenated alkanes) is 13. The number of hydrogen-bond donors (Lipinski definition) is 1. The summed E-state index contributed by atoms with van der Waals surface area (Å²) in [6.45, 7) is 7.76. The highest BCUT2D eigenvalue weighted by atomic mass is 35.5. The van der Waals surface area contributed by atoms with Crippen LogP contribution in [0.3, 0.4) is 0 Å². The van der Waals surface area contributed by atoms with E-state index in [4.69, 9.17) is 4.74 Å². The molecule has 1 unspecified atom stereocenters. The summed E-state index contributed by atoms with van der Waals surface area (Å²) in [5.41, 5.74) is 0. The highest BCUT2D eigenvalue weighted by molar-refractivity contribution is 5.69. The van der Waals surface area contributed by atoms with Crippen molar-refractivity contribution in [2.45, 2.75) is 117 Å². The molecule has 0 aromatic carbocycles.